The number of carbonyl (C=O) groups is 1. The minimum atomic E-state index is -0.626. The molecule has 2 heterocycles. The molecule has 2 aromatic rings. The average Bonchev–Trinajstić information content (AvgIpc) is 3.39. The van der Waals surface area contributed by atoms with E-state index in [1.165, 1.54) is 12.1 Å². The van der Waals surface area contributed by atoms with E-state index >= 15 is 0 Å². The van der Waals surface area contributed by atoms with Gasteiger partial charge >= 0.3 is 0 Å². The van der Waals surface area contributed by atoms with Gasteiger partial charge in [-0.25, -0.2) is 4.39 Å². The highest BCUT2D eigenvalue weighted by Gasteiger charge is 2.35. The quantitative estimate of drug-likeness (QED) is 0.838. The summed E-state index contributed by atoms with van der Waals surface area (Å²) in [7, 11) is 1.96. The number of halogens is 1. The van der Waals surface area contributed by atoms with Crippen molar-refractivity contribution in [1.29, 1.82) is 5.26 Å². The number of benzene rings is 1. The highest BCUT2D eigenvalue weighted by Crippen LogP contribution is 2.38. The van der Waals surface area contributed by atoms with Crippen molar-refractivity contribution in [2.75, 3.05) is 26.7 Å². The molecule has 1 saturated heterocycles. The third kappa shape index (κ3) is 3.06. The highest BCUT2D eigenvalue weighted by atomic mass is 19.1. The third-order valence-corrected chi connectivity index (χ3v) is 4.95. The molecule has 1 amide bonds. The zero-order valence-electron chi connectivity index (χ0n) is 14.4. The number of piperazine rings is 1. The lowest BCUT2D eigenvalue weighted by Gasteiger charge is -2.37. The maximum Gasteiger partial charge on any atom is 0.254 e. The predicted octanol–water partition coefficient (Wildman–Crippen LogP) is 2.09. The number of amides is 1. The van der Waals surface area contributed by atoms with E-state index in [0.29, 0.717) is 37.0 Å². The first-order chi connectivity index (χ1) is 12.6. The lowest BCUT2D eigenvalue weighted by atomic mass is 10.1. The minimum absolute atomic E-state index is 0.132. The predicted molar refractivity (Wildman–Crippen MR) is 88.7 cm³/mol. The van der Waals surface area contributed by atoms with Crippen LogP contribution in [0.5, 0.6) is 0 Å². The lowest BCUT2D eigenvalue weighted by Crippen LogP contribution is -2.49. The van der Waals surface area contributed by atoms with Crippen LogP contribution in [0.3, 0.4) is 0 Å². The third-order valence-electron chi connectivity index (χ3n) is 4.95. The number of aromatic nitrogens is 2. The summed E-state index contributed by atoms with van der Waals surface area (Å²) in [5, 5.41) is 13.0. The Bertz CT molecular complexity index is 886. The van der Waals surface area contributed by atoms with Gasteiger partial charge in [0, 0.05) is 31.1 Å². The van der Waals surface area contributed by atoms with Gasteiger partial charge in [0.2, 0.25) is 5.89 Å². The van der Waals surface area contributed by atoms with E-state index in [2.05, 4.69) is 15.0 Å². The Morgan fingerprint density at radius 2 is 2.19 bits per heavy atom. The first-order valence-corrected chi connectivity index (χ1v) is 8.59. The van der Waals surface area contributed by atoms with Gasteiger partial charge in [-0.05, 0) is 38.1 Å². The summed E-state index contributed by atoms with van der Waals surface area (Å²) in [6.07, 6.45) is 2.19. The Hall–Kier alpha value is -2.79. The first-order valence-electron chi connectivity index (χ1n) is 8.59. The van der Waals surface area contributed by atoms with Crippen LogP contribution >= 0.6 is 0 Å². The van der Waals surface area contributed by atoms with Crippen LogP contribution in [0.4, 0.5) is 4.39 Å². The van der Waals surface area contributed by atoms with E-state index in [1.807, 2.05) is 7.05 Å². The van der Waals surface area contributed by atoms with E-state index < -0.39 is 5.82 Å². The molecule has 2 aliphatic rings. The smallest absolute Gasteiger partial charge is 0.254 e. The monoisotopic (exact) mass is 355 g/mol. The standard InChI is InChI=1S/C18H18FN5O2/c1-23-6-7-24(18(25)12-4-5-14(19)13(8-12)9-20)10-15(23)17-21-16(22-26-17)11-2-3-11/h4-5,8,11,15H,2-3,6-7,10H2,1H3. The maximum atomic E-state index is 13.5. The van der Waals surface area contributed by atoms with Crippen LogP contribution in [0.15, 0.2) is 22.7 Å². The molecule has 0 N–H and O–H groups in total. The van der Waals surface area contributed by atoms with E-state index in [0.717, 1.165) is 24.7 Å². The molecule has 1 aliphatic heterocycles. The second-order valence-corrected chi connectivity index (χ2v) is 6.82. The molecule has 0 radical (unpaired) electrons. The molecule has 0 bridgehead atoms. The molecule has 1 unspecified atom stereocenters. The summed E-state index contributed by atoms with van der Waals surface area (Å²) in [5.74, 6) is 0.806. The molecule has 1 aromatic carbocycles. The number of nitriles is 1. The molecular weight excluding hydrogens is 337 g/mol. The van der Waals surface area contributed by atoms with Gasteiger partial charge in [-0.15, -0.1) is 0 Å². The summed E-state index contributed by atoms with van der Waals surface area (Å²) in [4.78, 5) is 21.1. The van der Waals surface area contributed by atoms with Crippen molar-refractivity contribution in [3.63, 3.8) is 0 Å². The van der Waals surface area contributed by atoms with E-state index in [-0.39, 0.29) is 17.5 Å². The van der Waals surface area contributed by atoms with Gasteiger partial charge in [-0.2, -0.15) is 10.2 Å². The number of likely N-dealkylation sites (N-methyl/N-ethyl adjacent to an activating group) is 1. The normalized spacial score (nSPS) is 20.8. The van der Waals surface area contributed by atoms with Crippen LogP contribution in [-0.4, -0.2) is 52.5 Å². The van der Waals surface area contributed by atoms with Crippen LogP contribution < -0.4 is 0 Å². The molecule has 8 heteroatoms. The number of nitrogens with zero attached hydrogens (tertiary/aromatic N) is 5. The number of carbonyl (C=O) groups excluding carboxylic acids is 1. The topological polar surface area (TPSA) is 86.3 Å². The minimum Gasteiger partial charge on any atom is -0.338 e. The van der Waals surface area contributed by atoms with Crippen molar-refractivity contribution in [1.82, 2.24) is 19.9 Å². The summed E-state index contributed by atoms with van der Waals surface area (Å²) in [5.41, 5.74) is 0.169. The fraction of sp³-hybridized carbons (Fsp3) is 0.444. The number of hydrogen-bond donors (Lipinski definition) is 0. The Morgan fingerprint density at radius 3 is 2.92 bits per heavy atom. The average molecular weight is 355 g/mol. The SMILES string of the molecule is CN1CCN(C(=O)c2ccc(F)c(C#N)c2)CC1c1nc(C2CC2)no1. The van der Waals surface area contributed by atoms with E-state index in [9.17, 15) is 9.18 Å². The van der Waals surface area contributed by atoms with Gasteiger partial charge in [0.1, 0.15) is 17.9 Å². The van der Waals surface area contributed by atoms with Gasteiger partial charge < -0.3 is 9.42 Å². The Morgan fingerprint density at radius 1 is 1.38 bits per heavy atom. The van der Waals surface area contributed by atoms with Crippen molar-refractivity contribution in [3.8, 4) is 6.07 Å². The van der Waals surface area contributed by atoms with Gasteiger partial charge in [-0.3, -0.25) is 9.69 Å². The molecule has 0 spiro atoms. The summed E-state index contributed by atoms with van der Waals surface area (Å²) in [6.45, 7) is 1.60. The van der Waals surface area contributed by atoms with Gasteiger partial charge in [-0.1, -0.05) is 5.16 Å². The summed E-state index contributed by atoms with van der Waals surface area (Å²) >= 11 is 0. The molecule has 1 atom stereocenters. The largest absolute Gasteiger partial charge is 0.338 e. The summed E-state index contributed by atoms with van der Waals surface area (Å²) in [6, 6.07) is 5.44. The van der Waals surface area contributed by atoms with Crippen LogP contribution in [0.1, 0.15) is 52.4 Å². The van der Waals surface area contributed by atoms with Gasteiger partial charge in [0.05, 0.1) is 5.56 Å². The van der Waals surface area contributed by atoms with Crippen LogP contribution in [-0.2, 0) is 0 Å². The Labute approximate surface area is 150 Å². The molecule has 1 aliphatic carbocycles. The Balaban J connectivity index is 1.53. The molecular formula is C18H18FN5O2. The lowest BCUT2D eigenvalue weighted by molar-refractivity contribution is 0.0489. The zero-order chi connectivity index (χ0) is 18.3. The molecule has 4 rings (SSSR count). The zero-order valence-corrected chi connectivity index (χ0v) is 14.4. The van der Waals surface area contributed by atoms with Gasteiger partial charge in [0.25, 0.3) is 5.91 Å². The summed E-state index contributed by atoms with van der Waals surface area (Å²) < 4.78 is 18.9. The van der Waals surface area contributed by atoms with Crippen molar-refractivity contribution in [2.45, 2.75) is 24.8 Å². The Kier molecular flexibility index (Phi) is 4.17. The van der Waals surface area contributed by atoms with Crippen LogP contribution in [0.25, 0.3) is 0 Å². The molecule has 134 valence electrons. The second kappa shape index (κ2) is 6.50. The van der Waals surface area contributed by atoms with Crippen molar-refractivity contribution >= 4 is 5.91 Å². The van der Waals surface area contributed by atoms with Gasteiger partial charge in [0.15, 0.2) is 5.82 Å². The van der Waals surface area contributed by atoms with E-state index in [4.69, 9.17) is 9.78 Å². The van der Waals surface area contributed by atoms with E-state index in [1.54, 1.807) is 11.0 Å². The fourth-order valence-corrected chi connectivity index (χ4v) is 3.14. The van der Waals surface area contributed by atoms with Crippen molar-refractivity contribution in [3.05, 3.63) is 46.9 Å². The maximum absolute atomic E-state index is 13.5. The van der Waals surface area contributed by atoms with Crippen molar-refractivity contribution < 1.29 is 13.7 Å². The second-order valence-electron chi connectivity index (χ2n) is 6.82. The molecule has 1 aromatic heterocycles. The molecule has 1 saturated carbocycles. The first kappa shape index (κ1) is 16.7. The molecule has 26 heavy (non-hydrogen) atoms. The van der Waals surface area contributed by atoms with Crippen molar-refractivity contribution in [2.24, 2.45) is 0 Å². The number of rotatable bonds is 3. The molecule has 2 fully saturated rings. The fourth-order valence-electron chi connectivity index (χ4n) is 3.14. The highest BCUT2D eigenvalue weighted by molar-refractivity contribution is 5.94. The van der Waals surface area contributed by atoms with Crippen LogP contribution in [0.2, 0.25) is 0 Å². The molecule has 7 nitrogen and oxygen atoms in total. The number of hydrogen-bond acceptors (Lipinski definition) is 6. The van der Waals surface area contributed by atoms with Crippen LogP contribution in [0, 0.1) is 17.1 Å².